The first-order chi connectivity index (χ1) is 14.8. The van der Waals surface area contributed by atoms with Gasteiger partial charge in [-0.05, 0) is 41.3 Å². The zero-order chi connectivity index (χ0) is 20.3. The van der Waals surface area contributed by atoms with Crippen molar-refractivity contribution in [3.05, 3.63) is 70.2 Å². The summed E-state index contributed by atoms with van der Waals surface area (Å²) in [5.41, 5.74) is 2.02. The number of aromatic amines is 1. The molecule has 0 aliphatic carbocycles. The zero-order valence-electron chi connectivity index (χ0n) is 16.2. The summed E-state index contributed by atoms with van der Waals surface area (Å²) in [6, 6.07) is 13.7. The van der Waals surface area contributed by atoms with Gasteiger partial charge in [-0.3, -0.25) is 4.79 Å². The van der Waals surface area contributed by atoms with Crippen molar-refractivity contribution in [3.63, 3.8) is 0 Å². The van der Waals surface area contributed by atoms with Gasteiger partial charge in [-0.2, -0.15) is 0 Å². The summed E-state index contributed by atoms with van der Waals surface area (Å²) in [4.78, 5) is 26.9. The van der Waals surface area contributed by atoms with Crippen molar-refractivity contribution in [1.29, 1.82) is 0 Å². The van der Waals surface area contributed by atoms with Crippen LogP contribution in [0.5, 0.6) is 5.75 Å². The Morgan fingerprint density at radius 2 is 1.97 bits per heavy atom. The van der Waals surface area contributed by atoms with Crippen LogP contribution in [0.4, 0.5) is 5.82 Å². The maximum atomic E-state index is 12.1. The number of nitrogens with one attached hydrogen (secondary N) is 1. The number of hydrogen-bond donors (Lipinski definition) is 1. The summed E-state index contributed by atoms with van der Waals surface area (Å²) < 4.78 is 11.3. The molecule has 0 amide bonds. The zero-order valence-corrected chi connectivity index (χ0v) is 17.0. The molecule has 0 atom stereocenters. The Bertz CT molecular complexity index is 1210. The lowest BCUT2D eigenvalue weighted by molar-refractivity contribution is 0.122. The molecule has 0 spiro atoms. The molecule has 1 aliphatic heterocycles. The highest BCUT2D eigenvalue weighted by atomic mass is 32.1. The van der Waals surface area contributed by atoms with E-state index < -0.39 is 0 Å². The van der Waals surface area contributed by atoms with Crippen LogP contribution < -0.4 is 15.2 Å². The molecule has 1 N–H and O–H groups in total. The third-order valence-electron chi connectivity index (χ3n) is 5.02. The van der Waals surface area contributed by atoms with Gasteiger partial charge in [0, 0.05) is 24.8 Å². The van der Waals surface area contributed by atoms with E-state index in [1.807, 2.05) is 41.9 Å². The predicted molar refractivity (Wildman–Crippen MR) is 117 cm³/mol. The molecule has 4 heterocycles. The van der Waals surface area contributed by atoms with Crippen LogP contribution in [0.2, 0.25) is 0 Å². The summed E-state index contributed by atoms with van der Waals surface area (Å²) in [6.07, 6.45) is 1.82. The second kappa shape index (κ2) is 8.25. The van der Waals surface area contributed by atoms with E-state index in [1.54, 1.807) is 6.07 Å². The Balaban J connectivity index is 1.33. The quantitative estimate of drug-likeness (QED) is 0.533. The van der Waals surface area contributed by atoms with Gasteiger partial charge in [-0.25, -0.2) is 9.97 Å². The molecule has 152 valence electrons. The Kier molecular flexibility index (Phi) is 5.17. The van der Waals surface area contributed by atoms with Gasteiger partial charge in [0.05, 0.1) is 18.6 Å². The number of ether oxygens (including phenoxy) is 2. The molecule has 1 fully saturated rings. The van der Waals surface area contributed by atoms with Gasteiger partial charge >= 0.3 is 0 Å². The summed E-state index contributed by atoms with van der Waals surface area (Å²) in [6.45, 7) is 3.32. The van der Waals surface area contributed by atoms with E-state index in [1.165, 1.54) is 11.3 Å². The van der Waals surface area contributed by atoms with Crippen LogP contribution in [0.3, 0.4) is 0 Å². The molecule has 30 heavy (non-hydrogen) atoms. The van der Waals surface area contributed by atoms with Gasteiger partial charge in [0.1, 0.15) is 28.8 Å². The molecular formula is C22H20N4O3S. The van der Waals surface area contributed by atoms with E-state index >= 15 is 0 Å². The molecule has 0 radical (unpaired) electrons. The second-order valence-corrected chi connectivity index (χ2v) is 7.83. The minimum atomic E-state index is -0.137. The minimum absolute atomic E-state index is 0.137. The van der Waals surface area contributed by atoms with Crippen LogP contribution in [0.15, 0.2) is 58.8 Å². The molecule has 4 aromatic rings. The number of thiophene rings is 1. The number of aromatic nitrogens is 3. The molecule has 8 heteroatoms. The lowest BCUT2D eigenvalue weighted by Crippen LogP contribution is -2.37. The summed E-state index contributed by atoms with van der Waals surface area (Å²) >= 11 is 1.45. The molecular weight excluding hydrogens is 400 g/mol. The Morgan fingerprint density at radius 1 is 1.13 bits per heavy atom. The molecule has 0 unspecified atom stereocenters. The summed E-state index contributed by atoms with van der Waals surface area (Å²) in [7, 11) is 0. The van der Waals surface area contributed by atoms with Gasteiger partial charge in [-0.1, -0.05) is 12.1 Å². The molecule has 1 aromatic carbocycles. The predicted octanol–water partition coefficient (Wildman–Crippen LogP) is 3.46. The van der Waals surface area contributed by atoms with Gasteiger partial charge in [0.15, 0.2) is 0 Å². The van der Waals surface area contributed by atoms with E-state index in [0.717, 1.165) is 48.1 Å². The number of nitrogens with zero attached hydrogens (tertiary/aromatic N) is 3. The molecule has 1 aliphatic rings. The van der Waals surface area contributed by atoms with Crippen LogP contribution in [0.1, 0.15) is 5.82 Å². The fourth-order valence-electron chi connectivity index (χ4n) is 3.51. The maximum absolute atomic E-state index is 12.1. The molecule has 3 aromatic heterocycles. The first-order valence-electron chi connectivity index (χ1n) is 9.75. The SMILES string of the molecule is O=c1[nH]c(COc2ccc(-c3cccnc3N3CCOCC3)cc2)nc2sccc12. The number of H-pyrrole nitrogens is 1. The van der Waals surface area contributed by atoms with Crippen molar-refractivity contribution in [1.82, 2.24) is 15.0 Å². The fraction of sp³-hybridized carbons (Fsp3) is 0.227. The number of hydrogen-bond acceptors (Lipinski definition) is 7. The summed E-state index contributed by atoms with van der Waals surface area (Å²) in [5, 5.41) is 2.47. The third kappa shape index (κ3) is 3.79. The van der Waals surface area contributed by atoms with Crippen molar-refractivity contribution in [2.75, 3.05) is 31.2 Å². The van der Waals surface area contributed by atoms with E-state index in [4.69, 9.17) is 9.47 Å². The van der Waals surface area contributed by atoms with Crippen molar-refractivity contribution < 1.29 is 9.47 Å². The van der Waals surface area contributed by atoms with Crippen LogP contribution in [0, 0.1) is 0 Å². The topological polar surface area (TPSA) is 80.3 Å². The van der Waals surface area contributed by atoms with Crippen molar-refractivity contribution in [2.24, 2.45) is 0 Å². The lowest BCUT2D eigenvalue weighted by Gasteiger charge is -2.29. The average Bonchev–Trinajstić information content (AvgIpc) is 3.28. The van der Waals surface area contributed by atoms with Gasteiger partial charge in [0.2, 0.25) is 0 Å². The number of morpholine rings is 1. The third-order valence-corrected chi connectivity index (χ3v) is 5.83. The van der Waals surface area contributed by atoms with E-state index in [2.05, 4.69) is 25.9 Å². The van der Waals surface area contributed by atoms with Crippen molar-refractivity contribution in [2.45, 2.75) is 6.61 Å². The number of pyridine rings is 1. The Morgan fingerprint density at radius 3 is 2.80 bits per heavy atom. The number of anilines is 1. The number of fused-ring (bicyclic) bond motifs is 1. The van der Waals surface area contributed by atoms with Crippen molar-refractivity contribution >= 4 is 27.4 Å². The Labute approximate surface area is 176 Å². The number of rotatable bonds is 5. The molecule has 1 saturated heterocycles. The number of benzene rings is 1. The van der Waals surface area contributed by atoms with Gasteiger partial charge in [-0.15, -0.1) is 11.3 Å². The van der Waals surface area contributed by atoms with Crippen LogP contribution in [-0.2, 0) is 11.3 Å². The van der Waals surface area contributed by atoms with E-state index in [9.17, 15) is 4.79 Å². The highest BCUT2D eigenvalue weighted by Crippen LogP contribution is 2.30. The standard InChI is InChI=1S/C22H20N4O3S/c27-21-18-7-13-30-22(18)25-19(24-21)14-29-16-5-3-15(4-6-16)17-2-1-8-23-20(17)26-9-11-28-12-10-26/h1-8,13H,9-12,14H2,(H,24,25,27). The van der Waals surface area contributed by atoms with Crippen LogP contribution >= 0.6 is 11.3 Å². The smallest absolute Gasteiger partial charge is 0.259 e. The van der Waals surface area contributed by atoms with E-state index in [-0.39, 0.29) is 12.2 Å². The lowest BCUT2D eigenvalue weighted by atomic mass is 10.1. The first-order valence-corrected chi connectivity index (χ1v) is 10.6. The first kappa shape index (κ1) is 18.8. The van der Waals surface area contributed by atoms with Crippen molar-refractivity contribution in [3.8, 4) is 16.9 Å². The van der Waals surface area contributed by atoms with E-state index in [0.29, 0.717) is 17.0 Å². The molecule has 7 nitrogen and oxygen atoms in total. The van der Waals surface area contributed by atoms with Gasteiger partial charge < -0.3 is 19.4 Å². The monoisotopic (exact) mass is 420 g/mol. The molecule has 5 rings (SSSR count). The maximum Gasteiger partial charge on any atom is 0.259 e. The highest BCUT2D eigenvalue weighted by molar-refractivity contribution is 7.16. The average molecular weight is 420 g/mol. The molecule has 0 bridgehead atoms. The highest BCUT2D eigenvalue weighted by Gasteiger charge is 2.16. The van der Waals surface area contributed by atoms with Crippen LogP contribution in [0.25, 0.3) is 21.3 Å². The fourth-order valence-corrected chi connectivity index (χ4v) is 4.29. The van der Waals surface area contributed by atoms with Gasteiger partial charge in [0.25, 0.3) is 5.56 Å². The second-order valence-electron chi connectivity index (χ2n) is 6.94. The molecule has 0 saturated carbocycles. The normalized spacial score (nSPS) is 14.2. The Hall–Kier alpha value is -3.23. The van der Waals surface area contributed by atoms with Crippen LogP contribution in [-0.4, -0.2) is 41.3 Å². The summed E-state index contributed by atoms with van der Waals surface area (Å²) in [5.74, 6) is 2.20. The minimum Gasteiger partial charge on any atom is -0.486 e. The largest absolute Gasteiger partial charge is 0.486 e.